The fourth-order valence-corrected chi connectivity index (χ4v) is 1.11. The van der Waals surface area contributed by atoms with Crippen molar-refractivity contribution in [2.24, 2.45) is 5.73 Å². The van der Waals surface area contributed by atoms with Crippen molar-refractivity contribution < 1.29 is 0 Å². The van der Waals surface area contributed by atoms with E-state index < -0.39 is 0 Å². The van der Waals surface area contributed by atoms with Crippen LogP contribution in [0.4, 0.5) is 0 Å². The van der Waals surface area contributed by atoms with Crippen molar-refractivity contribution in [3.8, 4) is 0 Å². The maximum absolute atomic E-state index is 5.56. The lowest BCUT2D eigenvalue weighted by Crippen LogP contribution is -2.55. The van der Waals surface area contributed by atoms with Crippen LogP contribution in [0.25, 0.3) is 0 Å². The maximum atomic E-state index is 5.56. The first-order valence-corrected chi connectivity index (χ1v) is 3.31. The number of halogens is 2. The number of nitrogens with zero attached hydrogens (tertiary/aromatic N) is 1. The molecule has 0 aromatic heterocycles. The molecule has 0 atom stereocenters. The van der Waals surface area contributed by atoms with Crippen LogP contribution in [-0.2, 0) is 0 Å². The van der Waals surface area contributed by atoms with E-state index in [1.165, 1.54) is 13.0 Å². The molecule has 0 spiro atoms. The molecule has 4 heteroatoms. The molecule has 0 radical (unpaired) electrons. The average Bonchev–Trinajstić information content (AvgIpc) is 1.64. The highest BCUT2D eigenvalue weighted by atomic mass is 35.5. The normalized spacial score (nSPS) is 18.6. The first-order valence-electron chi connectivity index (χ1n) is 3.31. The van der Waals surface area contributed by atoms with Gasteiger partial charge in [0.1, 0.15) is 0 Å². The van der Waals surface area contributed by atoms with E-state index in [1.807, 2.05) is 0 Å². The summed E-state index contributed by atoms with van der Waals surface area (Å²) in [6.45, 7) is 5.67. The Kier molecular flexibility index (Phi) is 8.17. The van der Waals surface area contributed by atoms with Crippen molar-refractivity contribution in [1.29, 1.82) is 0 Å². The number of hydrogen-bond donors (Lipinski definition) is 1. The van der Waals surface area contributed by atoms with Gasteiger partial charge >= 0.3 is 0 Å². The Bertz CT molecular complexity index is 71.4. The summed E-state index contributed by atoms with van der Waals surface area (Å²) in [4.78, 5) is 2.38. The largest absolute Gasteiger partial charge is 0.325 e. The summed E-state index contributed by atoms with van der Waals surface area (Å²) in [5.74, 6) is 0. The second kappa shape index (κ2) is 6.23. The van der Waals surface area contributed by atoms with Crippen molar-refractivity contribution in [3.05, 3.63) is 0 Å². The zero-order valence-corrected chi connectivity index (χ0v) is 7.88. The summed E-state index contributed by atoms with van der Waals surface area (Å²) in [6, 6.07) is 0.474. The zero-order chi connectivity index (χ0) is 5.98. The third kappa shape index (κ3) is 3.62. The minimum atomic E-state index is 0. The molecule has 0 aromatic carbocycles. The summed E-state index contributed by atoms with van der Waals surface area (Å²) in [5.41, 5.74) is 5.56. The first kappa shape index (κ1) is 13.1. The van der Waals surface area contributed by atoms with Gasteiger partial charge in [0.15, 0.2) is 0 Å². The fraction of sp³-hybridized carbons (Fsp3) is 1.00. The molecule has 1 aliphatic rings. The number of hydrogen-bond acceptors (Lipinski definition) is 2. The Morgan fingerprint density at radius 2 is 1.90 bits per heavy atom. The molecule has 0 aromatic rings. The number of nitrogens with two attached hydrogens (primary N) is 1. The van der Waals surface area contributed by atoms with E-state index in [0.29, 0.717) is 6.04 Å². The molecule has 2 N–H and O–H groups in total. The Morgan fingerprint density at radius 3 is 2.20 bits per heavy atom. The summed E-state index contributed by atoms with van der Waals surface area (Å²) in [7, 11) is 0. The minimum Gasteiger partial charge on any atom is -0.325 e. The molecule has 0 aliphatic carbocycles. The second-order valence-corrected chi connectivity index (χ2v) is 2.52. The van der Waals surface area contributed by atoms with Crippen molar-refractivity contribution in [2.75, 3.05) is 19.6 Å². The SMILES string of the molecule is CCCN1CC(N)C1.Cl.Cl. The molecule has 0 unspecified atom stereocenters. The standard InChI is InChI=1S/C6H14N2.2ClH/c1-2-3-8-4-6(7)5-8;;/h6H,2-5,7H2,1H3;2*1H. The third-order valence-electron chi connectivity index (χ3n) is 1.53. The smallest absolute Gasteiger partial charge is 0.0297 e. The summed E-state index contributed by atoms with van der Waals surface area (Å²) >= 11 is 0. The van der Waals surface area contributed by atoms with Gasteiger partial charge in [0.05, 0.1) is 0 Å². The molecule has 0 bridgehead atoms. The van der Waals surface area contributed by atoms with Crippen molar-refractivity contribution in [2.45, 2.75) is 19.4 Å². The Balaban J connectivity index is 0. The van der Waals surface area contributed by atoms with E-state index in [9.17, 15) is 0 Å². The Hall–Kier alpha value is 0.500. The summed E-state index contributed by atoms with van der Waals surface area (Å²) in [5, 5.41) is 0. The number of likely N-dealkylation sites (tertiary alicyclic amines) is 1. The van der Waals surface area contributed by atoms with Crippen LogP contribution in [0.1, 0.15) is 13.3 Å². The molecule has 1 aliphatic heterocycles. The summed E-state index contributed by atoms with van der Waals surface area (Å²) in [6.07, 6.45) is 1.26. The van der Waals surface area contributed by atoms with E-state index in [0.717, 1.165) is 13.1 Å². The highest BCUT2D eigenvalue weighted by molar-refractivity contribution is 5.85. The van der Waals surface area contributed by atoms with Gasteiger partial charge in [0.25, 0.3) is 0 Å². The van der Waals surface area contributed by atoms with Gasteiger partial charge in [-0.3, -0.25) is 0 Å². The first-order chi connectivity index (χ1) is 3.83. The highest BCUT2D eigenvalue weighted by Gasteiger charge is 2.20. The van der Waals surface area contributed by atoms with E-state index in [4.69, 9.17) is 5.73 Å². The fourth-order valence-electron chi connectivity index (χ4n) is 1.11. The van der Waals surface area contributed by atoms with Crippen LogP contribution < -0.4 is 5.73 Å². The molecule has 0 saturated carbocycles. The van der Waals surface area contributed by atoms with Gasteiger partial charge in [-0.25, -0.2) is 0 Å². The van der Waals surface area contributed by atoms with Crippen LogP contribution >= 0.6 is 24.8 Å². The molecule has 0 amide bonds. The molecular formula is C6H16Cl2N2. The van der Waals surface area contributed by atoms with Crippen LogP contribution in [0.3, 0.4) is 0 Å². The predicted molar refractivity (Wildman–Crippen MR) is 49.2 cm³/mol. The van der Waals surface area contributed by atoms with Crippen LogP contribution in [-0.4, -0.2) is 30.6 Å². The molecule has 1 fully saturated rings. The van der Waals surface area contributed by atoms with Gasteiger partial charge in [-0.1, -0.05) is 6.92 Å². The monoisotopic (exact) mass is 186 g/mol. The average molecular weight is 187 g/mol. The molecule has 2 nitrogen and oxygen atoms in total. The maximum Gasteiger partial charge on any atom is 0.0297 e. The molecule has 10 heavy (non-hydrogen) atoms. The quantitative estimate of drug-likeness (QED) is 0.695. The van der Waals surface area contributed by atoms with E-state index in [1.54, 1.807) is 0 Å². The molecule has 1 rings (SSSR count). The molecular weight excluding hydrogens is 171 g/mol. The topological polar surface area (TPSA) is 29.3 Å². The predicted octanol–water partition coefficient (Wildman–Crippen LogP) is 0.883. The van der Waals surface area contributed by atoms with E-state index >= 15 is 0 Å². The van der Waals surface area contributed by atoms with Gasteiger partial charge < -0.3 is 10.6 Å². The van der Waals surface area contributed by atoms with E-state index in [2.05, 4.69) is 11.8 Å². The van der Waals surface area contributed by atoms with Crippen LogP contribution in [0.5, 0.6) is 0 Å². The number of rotatable bonds is 2. The lowest BCUT2D eigenvalue weighted by Gasteiger charge is -2.36. The Morgan fingerprint density at radius 1 is 1.40 bits per heavy atom. The van der Waals surface area contributed by atoms with E-state index in [-0.39, 0.29) is 24.8 Å². The van der Waals surface area contributed by atoms with Crippen LogP contribution in [0.2, 0.25) is 0 Å². The van der Waals surface area contributed by atoms with Crippen LogP contribution in [0.15, 0.2) is 0 Å². The van der Waals surface area contributed by atoms with Crippen LogP contribution in [0, 0.1) is 0 Å². The third-order valence-corrected chi connectivity index (χ3v) is 1.53. The van der Waals surface area contributed by atoms with Gasteiger partial charge in [-0.05, 0) is 13.0 Å². The van der Waals surface area contributed by atoms with Crippen molar-refractivity contribution >= 4 is 24.8 Å². The lowest BCUT2D eigenvalue weighted by molar-refractivity contribution is 0.151. The lowest BCUT2D eigenvalue weighted by atomic mass is 10.1. The Labute approximate surface area is 75.0 Å². The minimum absolute atomic E-state index is 0. The van der Waals surface area contributed by atoms with Crippen molar-refractivity contribution in [1.82, 2.24) is 4.90 Å². The second-order valence-electron chi connectivity index (χ2n) is 2.52. The summed E-state index contributed by atoms with van der Waals surface area (Å²) < 4.78 is 0. The zero-order valence-electron chi connectivity index (χ0n) is 6.25. The molecule has 64 valence electrons. The van der Waals surface area contributed by atoms with Gasteiger partial charge in [-0.15, -0.1) is 24.8 Å². The van der Waals surface area contributed by atoms with Gasteiger partial charge in [-0.2, -0.15) is 0 Å². The highest BCUT2D eigenvalue weighted by Crippen LogP contribution is 2.04. The molecule has 1 saturated heterocycles. The van der Waals surface area contributed by atoms with Gasteiger partial charge in [0.2, 0.25) is 0 Å². The van der Waals surface area contributed by atoms with Gasteiger partial charge in [0, 0.05) is 19.1 Å². The molecule has 1 heterocycles. The van der Waals surface area contributed by atoms with Crippen molar-refractivity contribution in [3.63, 3.8) is 0 Å².